The molecular formula is C12H14ClN3O4. The molecule has 2 rings (SSSR count). The van der Waals surface area contributed by atoms with Crippen molar-refractivity contribution in [2.45, 2.75) is 30.9 Å². The van der Waals surface area contributed by atoms with Gasteiger partial charge in [-0.3, -0.25) is 14.9 Å². The molecule has 0 aliphatic heterocycles. The second-order valence-electron chi connectivity index (χ2n) is 4.87. The summed E-state index contributed by atoms with van der Waals surface area (Å²) in [6.45, 7) is 0. The number of hydrogen-bond acceptors (Lipinski definition) is 5. The third kappa shape index (κ3) is 2.83. The number of primary amides is 1. The zero-order valence-electron chi connectivity index (χ0n) is 10.5. The van der Waals surface area contributed by atoms with Crippen molar-refractivity contribution in [1.29, 1.82) is 0 Å². The smallest absolute Gasteiger partial charge is 0.271 e. The van der Waals surface area contributed by atoms with E-state index in [0.29, 0.717) is 25.0 Å². The number of rotatable bonds is 4. The van der Waals surface area contributed by atoms with Gasteiger partial charge >= 0.3 is 0 Å². The van der Waals surface area contributed by atoms with Gasteiger partial charge in [0.2, 0.25) is 5.91 Å². The van der Waals surface area contributed by atoms with Gasteiger partial charge in [-0.2, -0.15) is 0 Å². The van der Waals surface area contributed by atoms with Gasteiger partial charge in [0.15, 0.2) is 0 Å². The Morgan fingerprint density at radius 1 is 1.55 bits per heavy atom. The van der Waals surface area contributed by atoms with Crippen LogP contribution in [-0.2, 0) is 4.79 Å². The lowest BCUT2D eigenvalue weighted by Gasteiger charge is -2.20. The number of nitrogens with two attached hydrogens (primary N) is 2. The van der Waals surface area contributed by atoms with E-state index in [9.17, 15) is 14.9 Å². The van der Waals surface area contributed by atoms with E-state index in [1.165, 1.54) is 18.2 Å². The van der Waals surface area contributed by atoms with E-state index >= 15 is 0 Å². The van der Waals surface area contributed by atoms with Crippen LogP contribution in [0.1, 0.15) is 19.3 Å². The van der Waals surface area contributed by atoms with Crippen molar-refractivity contribution in [3.8, 4) is 5.75 Å². The van der Waals surface area contributed by atoms with Gasteiger partial charge in [-0.25, -0.2) is 0 Å². The third-order valence-electron chi connectivity index (χ3n) is 3.41. The molecule has 7 nitrogen and oxygen atoms in total. The van der Waals surface area contributed by atoms with Crippen molar-refractivity contribution in [2.75, 3.05) is 0 Å². The first-order valence-corrected chi connectivity index (χ1v) is 6.39. The average Bonchev–Trinajstić information content (AvgIpc) is 2.75. The van der Waals surface area contributed by atoms with Crippen LogP contribution in [0.4, 0.5) is 5.69 Å². The van der Waals surface area contributed by atoms with Gasteiger partial charge in [0.05, 0.1) is 15.5 Å². The Morgan fingerprint density at radius 2 is 2.25 bits per heavy atom. The van der Waals surface area contributed by atoms with Crippen molar-refractivity contribution >= 4 is 23.2 Å². The topological polar surface area (TPSA) is 121 Å². The lowest BCUT2D eigenvalue weighted by molar-refractivity contribution is -0.384. The molecule has 1 aliphatic carbocycles. The lowest BCUT2D eigenvalue weighted by Crippen LogP contribution is -2.50. The number of amides is 1. The summed E-state index contributed by atoms with van der Waals surface area (Å²) in [7, 11) is 0. The Balaban J connectivity index is 2.09. The normalized spacial score (nSPS) is 25.4. The molecule has 1 aliphatic rings. The van der Waals surface area contributed by atoms with Gasteiger partial charge in [0.25, 0.3) is 5.69 Å². The van der Waals surface area contributed by atoms with Gasteiger partial charge in [0, 0.05) is 18.6 Å². The van der Waals surface area contributed by atoms with Gasteiger partial charge in [-0.05, 0) is 18.9 Å². The fraction of sp³-hybridized carbons (Fsp3) is 0.417. The molecule has 0 saturated heterocycles. The zero-order valence-corrected chi connectivity index (χ0v) is 11.3. The predicted octanol–water partition coefficient (Wildman–Crippen LogP) is 1.36. The number of halogens is 1. The van der Waals surface area contributed by atoms with E-state index in [1.807, 2.05) is 0 Å². The Labute approximate surface area is 120 Å². The van der Waals surface area contributed by atoms with Crippen LogP contribution in [0.25, 0.3) is 0 Å². The quantitative estimate of drug-likeness (QED) is 0.642. The lowest BCUT2D eigenvalue weighted by atomic mass is 9.99. The molecule has 1 amide bonds. The largest absolute Gasteiger partial charge is 0.489 e. The molecule has 0 spiro atoms. The summed E-state index contributed by atoms with van der Waals surface area (Å²) >= 11 is 5.93. The van der Waals surface area contributed by atoms with E-state index in [0.717, 1.165) is 0 Å². The Hall–Kier alpha value is -1.86. The number of hydrogen-bond donors (Lipinski definition) is 2. The maximum atomic E-state index is 11.2. The van der Waals surface area contributed by atoms with Crippen LogP contribution in [0, 0.1) is 10.1 Å². The van der Waals surface area contributed by atoms with Gasteiger partial charge in [-0.15, -0.1) is 0 Å². The Morgan fingerprint density at radius 3 is 2.75 bits per heavy atom. The van der Waals surface area contributed by atoms with Crippen LogP contribution in [0.5, 0.6) is 5.75 Å². The van der Waals surface area contributed by atoms with Crippen LogP contribution >= 0.6 is 11.6 Å². The van der Waals surface area contributed by atoms with Crippen LogP contribution in [0.15, 0.2) is 18.2 Å². The molecule has 1 saturated carbocycles. The number of carbonyl (C=O) groups is 1. The fourth-order valence-corrected chi connectivity index (χ4v) is 2.45. The molecule has 108 valence electrons. The maximum absolute atomic E-state index is 11.2. The summed E-state index contributed by atoms with van der Waals surface area (Å²) in [5.74, 6) is -0.227. The summed E-state index contributed by atoms with van der Waals surface area (Å²) in [6, 6.07) is 3.96. The van der Waals surface area contributed by atoms with Gasteiger partial charge in [-0.1, -0.05) is 11.6 Å². The third-order valence-corrected chi connectivity index (χ3v) is 3.71. The molecule has 2 unspecified atom stereocenters. The molecule has 0 aromatic heterocycles. The van der Waals surface area contributed by atoms with E-state index in [-0.39, 0.29) is 16.8 Å². The SMILES string of the molecule is NC(=O)C1(N)CCC(Oc2ccc([N+](=O)[O-])cc2Cl)C1. The van der Waals surface area contributed by atoms with Crippen LogP contribution < -0.4 is 16.2 Å². The first kappa shape index (κ1) is 14.5. The van der Waals surface area contributed by atoms with E-state index < -0.39 is 16.4 Å². The van der Waals surface area contributed by atoms with Crippen molar-refractivity contribution in [2.24, 2.45) is 11.5 Å². The number of ether oxygens (including phenoxy) is 1. The van der Waals surface area contributed by atoms with E-state index in [4.69, 9.17) is 27.8 Å². The highest BCUT2D eigenvalue weighted by atomic mass is 35.5. The van der Waals surface area contributed by atoms with Crippen LogP contribution in [-0.4, -0.2) is 22.5 Å². The molecule has 0 bridgehead atoms. The fourth-order valence-electron chi connectivity index (χ4n) is 2.23. The van der Waals surface area contributed by atoms with Crippen molar-refractivity contribution in [3.63, 3.8) is 0 Å². The summed E-state index contributed by atoms with van der Waals surface area (Å²) in [4.78, 5) is 21.3. The number of carbonyl (C=O) groups excluding carboxylic acids is 1. The summed E-state index contributed by atoms with van der Waals surface area (Å²) in [6.07, 6.45) is 1.03. The highest BCUT2D eigenvalue weighted by molar-refractivity contribution is 6.32. The standard InChI is InChI=1S/C12H14ClN3O4/c13-9-5-7(16(18)19)1-2-10(9)20-8-3-4-12(15,6-8)11(14)17/h1-2,5,8H,3-4,6,15H2,(H2,14,17). The minimum atomic E-state index is -1.06. The number of non-ortho nitro benzene ring substituents is 1. The first-order valence-electron chi connectivity index (χ1n) is 6.01. The number of benzene rings is 1. The van der Waals surface area contributed by atoms with E-state index in [2.05, 4.69) is 0 Å². The Bertz CT molecular complexity index is 566. The molecule has 1 aromatic rings. The average molecular weight is 300 g/mol. The van der Waals surface area contributed by atoms with Crippen molar-refractivity contribution in [3.05, 3.63) is 33.3 Å². The van der Waals surface area contributed by atoms with Gasteiger partial charge < -0.3 is 16.2 Å². The second-order valence-corrected chi connectivity index (χ2v) is 5.28. The summed E-state index contributed by atoms with van der Waals surface area (Å²) in [5, 5.41) is 10.8. The molecule has 8 heteroatoms. The molecular weight excluding hydrogens is 286 g/mol. The number of nitro benzene ring substituents is 1. The number of nitro groups is 1. The highest BCUT2D eigenvalue weighted by Gasteiger charge is 2.41. The monoisotopic (exact) mass is 299 g/mol. The summed E-state index contributed by atoms with van der Waals surface area (Å²) < 4.78 is 5.64. The maximum Gasteiger partial charge on any atom is 0.271 e. The molecule has 1 fully saturated rings. The minimum absolute atomic E-state index is 0.112. The van der Waals surface area contributed by atoms with Crippen LogP contribution in [0.3, 0.4) is 0 Å². The molecule has 1 aromatic carbocycles. The predicted molar refractivity (Wildman–Crippen MR) is 72.5 cm³/mol. The first-order chi connectivity index (χ1) is 9.32. The molecule has 20 heavy (non-hydrogen) atoms. The van der Waals surface area contributed by atoms with Crippen molar-refractivity contribution in [1.82, 2.24) is 0 Å². The molecule has 0 radical (unpaired) electrons. The zero-order chi connectivity index (χ0) is 14.9. The van der Waals surface area contributed by atoms with Crippen molar-refractivity contribution < 1.29 is 14.5 Å². The van der Waals surface area contributed by atoms with Gasteiger partial charge in [0.1, 0.15) is 11.9 Å². The summed E-state index contributed by atoms with van der Waals surface area (Å²) in [5.41, 5.74) is 9.95. The molecule has 0 heterocycles. The van der Waals surface area contributed by atoms with Crippen LogP contribution in [0.2, 0.25) is 5.02 Å². The minimum Gasteiger partial charge on any atom is -0.489 e. The molecule has 4 N–H and O–H groups in total. The molecule has 2 atom stereocenters. The highest BCUT2D eigenvalue weighted by Crippen LogP contribution is 2.34. The Kier molecular flexibility index (Phi) is 3.82. The number of nitrogens with zero attached hydrogens (tertiary/aromatic N) is 1. The second kappa shape index (κ2) is 5.26. The van der Waals surface area contributed by atoms with E-state index in [1.54, 1.807) is 0 Å².